The number of carbonyl (C=O) groups excluding carboxylic acids is 1. The molecule has 0 aromatic carbocycles. The van der Waals surface area contributed by atoms with Crippen molar-refractivity contribution in [1.29, 1.82) is 0 Å². The maximum absolute atomic E-state index is 12.4. The molecule has 1 amide bonds. The Morgan fingerprint density at radius 1 is 1.33 bits per heavy atom. The number of rotatable bonds is 1. The average Bonchev–Trinajstić information content (AvgIpc) is 2.33. The van der Waals surface area contributed by atoms with E-state index in [1.54, 1.807) is 6.92 Å². The summed E-state index contributed by atoms with van der Waals surface area (Å²) < 4.78 is 5.54. The summed E-state index contributed by atoms with van der Waals surface area (Å²) in [5.74, 6) is 5.85. The van der Waals surface area contributed by atoms with Crippen molar-refractivity contribution < 1.29 is 14.6 Å². The van der Waals surface area contributed by atoms with E-state index in [2.05, 4.69) is 11.8 Å². The van der Waals surface area contributed by atoms with Crippen molar-refractivity contribution in [3.8, 4) is 11.8 Å². The van der Waals surface area contributed by atoms with Crippen molar-refractivity contribution in [1.82, 2.24) is 4.90 Å². The molecule has 2 saturated heterocycles. The molecular weight excluding hydrogens is 266 g/mol. The van der Waals surface area contributed by atoms with Gasteiger partial charge in [0.2, 0.25) is 0 Å². The standard InChI is InChI=1S/C17H27NO3/c1-5-6-10-17(20)11-13-8-7-9-14(12-17)18(13)15(19)21-16(2,3)4/h13-14,20H,7-12H2,1-4H3. The zero-order valence-electron chi connectivity index (χ0n) is 13.6. The molecule has 0 radical (unpaired) electrons. The minimum atomic E-state index is -0.753. The van der Waals surface area contributed by atoms with E-state index in [4.69, 9.17) is 4.74 Å². The van der Waals surface area contributed by atoms with Crippen LogP contribution in [0.4, 0.5) is 4.79 Å². The summed E-state index contributed by atoms with van der Waals surface area (Å²) in [6.07, 6.45) is 4.48. The maximum Gasteiger partial charge on any atom is 0.410 e. The van der Waals surface area contributed by atoms with Gasteiger partial charge < -0.3 is 14.7 Å². The van der Waals surface area contributed by atoms with Crippen LogP contribution in [0.2, 0.25) is 0 Å². The van der Waals surface area contributed by atoms with Crippen LogP contribution in [0.5, 0.6) is 0 Å². The van der Waals surface area contributed by atoms with E-state index in [9.17, 15) is 9.90 Å². The molecule has 2 unspecified atom stereocenters. The van der Waals surface area contributed by atoms with Gasteiger partial charge in [-0.15, -0.1) is 11.8 Å². The number of fused-ring (bicyclic) bond motifs is 2. The van der Waals surface area contributed by atoms with Crippen LogP contribution in [0.15, 0.2) is 0 Å². The highest BCUT2D eigenvalue weighted by atomic mass is 16.6. The predicted octanol–water partition coefficient (Wildman–Crippen LogP) is 3.08. The fourth-order valence-corrected chi connectivity index (χ4v) is 3.54. The number of aliphatic hydroxyl groups is 1. The van der Waals surface area contributed by atoms with Crippen molar-refractivity contribution in [2.75, 3.05) is 0 Å². The van der Waals surface area contributed by atoms with E-state index in [0.29, 0.717) is 19.3 Å². The van der Waals surface area contributed by atoms with E-state index >= 15 is 0 Å². The molecule has 1 N–H and O–H groups in total. The molecule has 118 valence electrons. The minimum absolute atomic E-state index is 0.0796. The third kappa shape index (κ3) is 3.91. The molecule has 0 aromatic heterocycles. The lowest BCUT2D eigenvalue weighted by Gasteiger charge is -2.51. The van der Waals surface area contributed by atoms with Crippen molar-refractivity contribution >= 4 is 6.09 Å². The van der Waals surface area contributed by atoms with Gasteiger partial charge in [0.25, 0.3) is 0 Å². The third-order valence-electron chi connectivity index (χ3n) is 4.29. The Morgan fingerprint density at radius 3 is 2.38 bits per heavy atom. The van der Waals surface area contributed by atoms with Gasteiger partial charge in [-0.3, -0.25) is 0 Å². The van der Waals surface area contributed by atoms with Crippen LogP contribution in [-0.2, 0) is 4.74 Å². The Bertz CT molecular complexity index is 441. The molecule has 4 nitrogen and oxygen atoms in total. The highest BCUT2D eigenvalue weighted by molar-refractivity contribution is 5.69. The van der Waals surface area contributed by atoms with Crippen molar-refractivity contribution in [3.05, 3.63) is 0 Å². The van der Waals surface area contributed by atoms with Gasteiger partial charge in [0.15, 0.2) is 0 Å². The minimum Gasteiger partial charge on any atom is -0.444 e. The lowest BCUT2D eigenvalue weighted by molar-refractivity contribution is -0.0898. The number of amides is 1. The van der Waals surface area contributed by atoms with Crippen molar-refractivity contribution in [3.63, 3.8) is 0 Å². The normalized spacial score (nSPS) is 32.1. The first kappa shape index (κ1) is 16.2. The predicted molar refractivity (Wildman–Crippen MR) is 81.8 cm³/mol. The van der Waals surface area contributed by atoms with E-state index in [1.807, 2.05) is 25.7 Å². The highest BCUT2D eigenvalue weighted by Crippen LogP contribution is 2.41. The summed E-state index contributed by atoms with van der Waals surface area (Å²) in [5.41, 5.74) is -1.23. The second-order valence-electron chi connectivity index (χ2n) is 7.36. The molecule has 2 heterocycles. The molecular formula is C17H27NO3. The molecule has 2 aliphatic rings. The molecule has 21 heavy (non-hydrogen) atoms. The van der Waals surface area contributed by atoms with E-state index in [0.717, 1.165) is 19.3 Å². The Balaban J connectivity index is 2.12. The smallest absolute Gasteiger partial charge is 0.410 e. The van der Waals surface area contributed by atoms with Crippen LogP contribution in [0.1, 0.15) is 66.2 Å². The highest BCUT2D eigenvalue weighted by Gasteiger charge is 2.48. The first-order chi connectivity index (χ1) is 9.74. The van der Waals surface area contributed by atoms with Gasteiger partial charge in [-0.2, -0.15) is 0 Å². The number of hydrogen-bond donors (Lipinski definition) is 1. The number of hydrogen-bond acceptors (Lipinski definition) is 3. The molecule has 2 aliphatic heterocycles. The van der Waals surface area contributed by atoms with Crippen LogP contribution in [0, 0.1) is 11.8 Å². The monoisotopic (exact) mass is 293 g/mol. The summed E-state index contributed by atoms with van der Waals surface area (Å²) >= 11 is 0. The first-order valence-electron chi connectivity index (χ1n) is 7.87. The Labute approximate surface area is 127 Å². The van der Waals surface area contributed by atoms with Gasteiger partial charge in [0.05, 0.1) is 5.60 Å². The van der Waals surface area contributed by atoms with Gasteiger partial charge >= 0.3 is 6.09 Å². The summed E-state index contributed by atoms with van der Waals surface area (Å²) in [4.78, 5) is 14.3. The Kier molecular flexibility index (Phi) is 4.53. The fourth-order valence-electron chi connectivity index (χ4n) is 3.54. The fraction of sp³-hybridized carbons (Fsp3) is 0.824. The second kappa shape index (κ2) is 5.88. The van der Waals surface area contributed by atoms with Crippen LogP contribution >= 0.6 is 0 Å². The second-order valence-corrected chi connectivity index (χ2v) is 7.36. The first-order valence-corrected chi connectivity index (χ1v) is 7.87. The Morgan fingerprint density at radius 2 is 1.90 bits per heavy atom. The van der Waals surface area contributed by atoms with Gasteiger partial charge in [0.1, 0.15) is 5.60 Å². The molecule has 2 fully saturated rings. The van der Waals surface area contributed by atoms with Gasteiger partial charge in [-0.1, -0.05) is 0 Å². The summed E-state index contributed by atoms with van der Waals surface area (Å²) in [6.45, 7) is 7.45. The molecule has 2 bridgehead atoms. The van der Waals surface area contributed by atoms with Gasteiger partial charge in [0, 0.05) is 18.5 Å². The van der Waals surface area contributed by atoms with Crippen LogP contribution in [-0.4, -0.2) is 39.4 Å². The zero-order chi connectivity index (χ0) is 15.7. The molecule has 2 rings (SSSR count). The van der Waals surface area contributed by atoms with Crippen LogP contribution < -0.4 is 0 Å². The van der Waals surface area contributed by atoms with Crippen LogP contribution in [0.3, 0.4) is 0 Å². The lowest BCUT2D eigenvalue weighted by Crippen LogP contribution is -2.60. The number of ether oxygens (including phenoxy) is 1. The maximum atomic E-state index is 12.4. The molecule has 4 heteroatoms. The molecule has 0 aromatic rings. The largest absolute Gasteiger partial charge is 0.444 e. The lowest BCUT2D eigenvalue weighted by atomic mass is 9.74. The summed E-state index contributed by atoms with van der Waals surface area (Å²) in [6, 6.07) is 0.159. The number of piperidine rings is 2. The molecule has 0 saturated carbocycles. The molecule has 0 spiro atoms. The zero-order valence-corrected chi connectivity index (χ0v) is 13.6. The summed E-state index contributed by atoms with van der Waals surface area (Å²) in [7, 11) is 0. The molecule has 0 aliphatic carbocycles. The number of nitrogens with zero attached hydrogens (tertiary/aromatic N) is 1. The van der Waals surface area contributed by atoms with E-state index in [-0.39, 0.29) is 18.2 Å². The molecule has 2 atom stereocenters. The average molecular weight is 293 g/mol. The van der Waals surface area contributed by atoms with Gasteiger partial charge in [-0.05, 0) is 59.8 Å². The van der Waals surface area contributed by atoms with E-state index < -0.39 is 11.2 Å². The number of carbonyl (C=O) groups is 1. The van der Waals surface area contributed by atoms with Gasteiger partial charge in [-0.25, -0.2) is 4.79 Å². The topological polar surface area (TPSA) is 49.8 Å². The van der Waals surface area contributed by atoms with Crippen LogP contribution in [0.25, 0.3) is 0 Å². The third-order valence-corrected chi connectivity index (χ3v) is 4.29. The van der Waals surface area contributed by atoms with Crippen molar-refractivity contribution in [2.24, 2.45) is 0 Å². The SMILES string of the molecule is CC#CCC1(O)CC2CCCC(C1)N2C(=O)OC(C)(C)C. The summed E-state index contributed by atoms with van der Waals surface area (Å²) in [5, 5.41) is 10.8. The quantitative estimate of drug-likeness (QED) is 0.756. The van der Waals surface area contributed by atoms with E-state index in [1.165, 1.54) is 0 Å². The Hall–Kier alpha value is -1.21. The van der Waals surface area contributed by atoms with Crippen molar-refractivity contribution in [2.45, 2.75) is 89.5 Å².